The second-order valence-corrected chi connectivity index (χ2v) is 4.50. The topological polar surface area (TPSA) is 55.6 Å². The monoisotopic (exact) mass is 218 g/mol. The van der Waals surface area contributed by atoms with Gasteiger partial charge >= 0.3 is 0 Å². The lowest BCUT2D eigenvalue weighted by Gasteiger charge is -2.32. The van der Waals surface area contributed by atoms with Gasteiger partial charge in [0.1, 0.15) is 6.61 Å². The molecule has 1 aliphatic heterocycles. The van der Waals surface area contributed by atoms with Gasteiger partial charge in [0.15, 0.2) is 0 Å². The Bertz CT molecular complexity index is 190. The Labute approximate surface area is 89.2 Å². The van der Waals surface area contributed by atoms with Gasteiger partial charge in [0.05, 0.1) is 6.61 Å². The van der Waals surface area contributed by atoms with Crippen molar-refractivity contribution < 1.29 is 9.53 Å². The number of carbonyl (C=O) groups is 1. The molecule has 0 aromatic rings. The largest absolute Gasteiger partial charge is 0.370 e. The average molecular weight is 218 g/mol. The second kappa shape index (κ2) is 6.27. The van der Waals surface area contributed by atoms with E-state index in [1.807, 2.05) is 16.7 Å². The fourth-order valence-electron chi connectivity index (χ4n) is 1.42. The van der Waals surface area contributed by atoms with Crippen molar-refractivity contribution in [2.75, 3.05) is 37.8 Å². The van der Waals surface area contributed by atoms with Crippen LogP contribution in [0.5, 0.6) is 0 Å². The van der Waals surface area contributed by atoms with Crippen molar-refractivity contribution >= 4 is 17.7 Å². The number of thioether (sulfide) groups is 1. The third kappa shape index (κ3) is 3.48. The molecule has 0 radical (unpaired) electrons. The number of amides is 1. The van der Waals surface area contributed by atoms with E-state index in [1.54, 1.807) is 0 Å². The van der Waals surface area contributed by atoms with Crippen molar-refractivity contribution in [3.8, 4) is 0 Å². The van der Waals surface area contributed by atoms with Gasteiger partial charge in [-0.3, -0.25) is 4.79 Å². The Kier molecular flexibility index (Phi) is 5.29. The van der Waals surface area contributed by atoms with Crippen LogP contribution < -0.4 is 5.73 Å². The lowest BCUT2D eigenvalue weighted by Crippen LogP contribution is -2.46. The number of rotatable bonds is 4. The SMILES string of the molecule is CC1CSCCN1C(=O)COCCN. The van der Waals surface area contributed by atoms with Gasteiger partial charge in [-0.05, 0) is 6.92 Å². The maximum atomic E-state index is 11.6. The highest BCUT2D eigenvalue weighted by Crippen LogP contribution is 2.15. The van der Waals surface area contributed by atoms with Crippen LogP contribution in [0.3, 0.4) is 0 Å². The first-order chi connectivity index (χ1) is 6.75. The van der Waals surface area contributed by atoms with Crippen molar-refractivity contribution in [2.45, 2.75) is 13.0 Å². The molecule has 2 N–H and O–H groups in total. The molecule has 0 bridgehead atoms. The highest BCUT2D eigenvalue weighted by atomic mass is 32.2. The molecule has 4 nitrogen and oxygen atoms in total. The molecule has 0 saturated carbocycles. The van der Waals surface area contributed by atoms with Crippen LogP contribution in [0.15, 0.2) is 0 Å². The summed E-state index contributed by atoms with van der Waals surface area (Å²) in [5.41, 5.74) is 5.27. The minimum Gasteiger partial charge on any atom is -0.370 e. The molecule has 0 aromatic carbocycles. The van der Waals surface area contributed by atoms with Crippen LogP contribution in [0.1, 0.15) is 6.92 Å². The van der Waals surface area contributed by atoms with E-state index >= 15 is 0 Å². The van der Waals surface area contributed by atoms with E-state index in [1.165, 1.54) is 0 Å². The van der Waals surface area contributed by atoms with Crippen molar-refractivity contribution in [3.63, 3.8) is 0 Å². The smallest absolute Gasteiger partial charge is 0.248 e. The Morgan fingerprint density at radius 2 is 2.50 bits per heavy atom. The van der Waals surface area contributed by atoms with Gasteiger partial charge in [0, 0.05) is 30.6 Å². The van der Waals surface area contributed by atoms with Crippen LogP contribution in [0.2, 0.25) is 0 Å². The number of nitrogens with zero attached hydrogens (tertiary/aromatic N) is 1. The summed E-state index contributed by atoms with van der Waals surface area (Å²) in [6.07, 6.45) is 0. The van der Waals surface area contributed by atoms with Gasteiger partial charge in [-0.1, -0.05) is 0 Å². The fraction of sp³-hybridized carbons (Fsp3) is 0.889. The predicted octanol–water partition coefficient (Wildman–Crippen LogP) is -0.0744. The van der Waals surface area contributed by atoms with Gasteiger partial charge in [0.2, 0.25) is 5.91 Å². The Hall–Kier alpha value is -0.260. The van der Waals surface area contributed by atoms with Gasteiger partial charge in [-0.15, -0.1) is 0 Å². The first kappa shape index (κ1) is 11.8. The van der Waals surface area contributed by atoms with Crippen LogP contribution in [0.4, 0.5) is 0 Å². The van der Waals surface area contributed by atoms with Crippen molar-refractivity contribution in [2.24, 2.45) is 5.73 Å². The van der Waals surface area contributed by atoms with Crippen LogP contribution in [-0.2, 0) is 9.53 Å². The summed E-state index contributed by atoms with van der Waals surface area (Å²) < 4.78 is 5.12. The molecule has 1 rings (SSSR count). The molecule has 1 heterocycles. The zero-order valence-corrected chi connectivity index (χ0v) is 9.39. The number of hydrogen-bond acceptors (Lipinski definition) is 4. The van der Waals surface area contributed by atoms with Crippen LogP contribution in [-0.4, -0.2) is 54.7 Å². The molecular weight excluding hydrogens is 200 g/mol. The molecule has 1 atom stereocenters. The van der Waals surface area contributed by atoms with E-state index < -0.39 is 0 Å². The molecule has 0 aromatic heterocycles. The zero-order chi connectivity index (χ0) is 10.4. The molecule has 1 amide bonds. The zero-order valence-electron chi connectivity index (χ0n) is 8.57. The Morgan fingerprint density at radius 1 is 1.71 bits per heavy atom. The Morgan fingerprint density at radius 3 is 3.14 bits per heavy atom. The molecule has 1 aliphatic rings. The summed E-state index contributed by atoms with van der Waals surface area (Å²) >= 11 is 1.90. The standard InChI is InChI=1S/C9H18N2O2S/c1-8-7-14-5-3-11(8)9(12)6-13-4-2-10/h8H,2-7,10H2,1H3. The lowest BCUT2D eigenvalue weighted by atomic mass is 10.3. The normalized spacial score (nSPS) is 22.4. The van der Waals surface area contributed by atoms with E-state index in [2.05, 4.69) is 6.92 Å². The van der Waals surface area contributed by atoms with E-state index in [9.17, 15) is 4.79 Å². The van der Waals surface area contributed by atoms with Crippen molar-refractivity contribution in [3.05, 3.63) is 0 Å². The molecule has 0 aliphatic carbocycles. The van der Waals surface area contributed by atoms with Gasteiger partial charge in [-0.2, -0.15) is 11.8 Å². The molecule has 0 spiro atoms. The van der Waals surface area contributed by atoms with E-state index in [4.69, 9.17) is 10.5 Å². The molecule has 1 unspecified atom stereocenters. The molecule has 1 saturated heterocycles. The molecule has 1 fully saturated rings. The number of ether oxygens (including phenoxy) is 1. The number of carbonyl (C=O) groups excluding carboxylic acids is 1. The van der Waals surface area contributed by atoms with E-state index in [0.29, 0.717) is 19.2 Å². The van der Waals surface area contributed by atoms with E-state index in [-0.39, 0.29) is 12.5 Å². The third-order valence-electron chi connectivity index (χ3n) is 2.18. The number of nitrogens with two attached hydrogens (primary N) is 1. The summed E-state index contributed by atoms with van der Waals surface area (Å²) in [6.45, 7) is 4.03. The van der Waals surface area contributed by atoms with Gasteiger partial charge in [-0.25, -0.2) is 0 Å². The van der Waals surface area contributed by atoms with E-state index in [0.717, 1.165) is 18.1 Å². The molecule has 14 heavy (non-hydrogen) atoms. The van der Waals surface area contributed by atoms with Crippen molar-refractivity contribution in [1.29, 1.82) is 0 Å². The quantitative estimate of drug-likeness (QED) is 0.671. The Balaban J connectivity index is 2.27. The minimum atomic E-state index is 0.0891. The summed E-state index contributed by atoms with van der Waals surface area (Å²) in [7, 11) is 0. The van der Waals surface area contributed by atoms with Gasteiger partial charge < -0.3 is 15.4 Å². The molecule has 5 heteroatoms. The minimum absolute atomic E-state index is 0.0891. The maximum Gasteiger partial charge on any atom is 0.248 e. The van der Waals surface area contributed by atoms with Crippen molar-refractivity contribution in [1.82, 2.24) is 4.90 Å². The first-order valence-corrected chi connectivity index (χ1v) is 6.06. The summed E-state index contributed by atoms with van der Waals surface area (Å²) in [4.78, 5) is 13.5. The highest BCUT2D eigenvalue weighted by Gasteiger charge is 2.22. The van der Waals surface area contributed by atoms with Crippen LogP contribution in [0, 0.1) is 0 Å². The predicted molar refractivity (Wildman–Crippen MR) is 58.4 cm³/mol. The summed E-state index contributed by atoms with van der Waals surface area (Å²) in [5, 5.41) is 0. The average Bonchev–Trinajstić information content (AvgIpc) is 2.18. The molecular formula is C9H18N2O2S. The van der Waals surface area contributed by atoms with Crippen LogP contribution >= 0.6 is 11.8 Å². The maximum absolute atomic E-state index is 11.6. The second-order valence-electron chi connectivity index (χ2n) is 3.35. The summed E-state index contributed by atoms with van der Waals surface area (Å²) in [5.74, 6) is 2.15. The fourth-order valence-corrected chi connectivity index (χ4v) is 2.44. The number of hydrogen-bond donors (Lipinski definition) is 1. The third-order valence-corrected chi connectivity index (χ3v) is 3.37. The summed E-state index contributed by atoms with van der Waals surface area (Å²) in [6, 6.07) is 0.336. The highest BCUT2D eigenvalue weighted by molar-refractivity contribution is 7.99. The van der Waals surface area contributed by atoms with Gasteiger partial charge in [0.25, 0.3) is 0 Å². The molecule has 82 valence electrons. The first-order valence-electron chi connectivity index (χ1n) is 4.90. The van der Waals surface area contributed by atoms with Crippen LogP contribution in [0.25, 0.3) is 0 Å². The lowest BCUT2D eigenvalue weighted by molar-refractivity contribution is -0.137.